The van der Waals surface area contributed by atoms with Gasteiger partial charge in [0.15, 0.2) is 5.16 Å². The number of rotatable bonds is 6. The van der Waals surface area contributed by atoms with Crippen molar-refractivity contribution in [2.75, 3.05) is 12.8 Å². The van der Waals surface area contributed by atoms with E-state index < -0.39 is 0 Å². The minimum Gasteiger partial charge on any atom is -0.341 e. The largest absolute Gasteiger partial charge is 0.341 e. The molecule has 0 saturated heterocycles. The summed E-state index contributed by atoms with van der Waals surface area (Å²) in [5.41, 5.74) is 1.84. The van der Waals surface area contributed by atoms with E-state index >= 15 is 0 Å². The lowest BCUT2D eigenvalue weighted by Gasteiger charge is -2.17. The van der Waals surface area contributed by atoms with E-state index in [0.29, 0.717) is 21.7 Å². The molecule has 0 aliphatic rings. The van der Waals surface area contributed by atoms with Gasteiger partial charge in [0.1, 0.15) is 6.33 Å². The third kappa shape index (κ3) is 4.78. The number of halogens is 2. The van der Waals surface area contributed by atoms with Crippen LogP contribution < -0.4 is 0 Å². The van der Waals surface area contributed by atoms with Crippen LogP contribution in [0.3, 0.4) is 0 Å². The third-order valence-corrected chi connectivity index (χ3v) is 5.06. The Morgan fingerprint density at radius 1 is 1.15 bits per heavy atom. The molecule has 0 atom stereocenters. The van der Waals surface area contributed by atoms with E-state index in [-0.39, 0.29) is 11.7 Å². The molecule has 0 aliphatic heterocycles. The number of nitrogens with zero attached hydrogens (tertiary/aromatic N) is 4. The zero-order chi connectivity index (χ0) is 18.5. The number of carbonyl (C=O) groups is 1. The summed E-state index contributed by atoms with van der Waals surface area (Å²) in [6, 6.07) is 14.9. The molecule has 5 nitrogen and oxygen atoms in total. The van der Waals surface area contributed by atoms with Gasteiger partial charge >= 0.3 is 0 Å². The molecule has 1 amide bonds. The second-order valence-corrected chi connectivity index (χ2v) is 7.45. The fourth-order valence-corrected chi connectivity index (χ4v) is 3.63. The van der Waals surface area contributed by atoms with E-state index in [4.69, 9.17) is 23.2 Å². The molecule has 26 heavy (non-hydrogen) atoms. The maximum atomic E-state index is 12.4. The molecule has 134 valence electrons. The molecule has 0 aliphatic carbocycles. The molecule has 8 heteroatoms. The lowest BCUT2D eigenvalue weighted by Crippen LogP contribution is -2.27. The predicted molar refractivity (Wildman–Crippen MR) is 105 cm³/mol. The highest BCUT2D eigenvalue weighted by atomic mass is 35.5. The SMILES string of the molecule is CN(Cc1cccc(Cl)c1)C(=O)CSc1nncn1-c1cccc(Cl)c1. The fraction of sp³-hybridized carbons (Fsp3) is 0.167. The minimum atomic E-state index is -0.00406. The van der Waals surface area contributed by atoms with Gasteiger partial charge in [0.05, 0.1) is 11.4 Å². The first-order valence-corrected chi connectivity index (χ1v) is 9.54. The summed E-state index contributed by atoms with van der Waals surface area (Å²) in [7, 11) is 1.77. The Balaban J connectivity index is 1.62. The summed E-state index contributed by atoms with van der Waals surface area (Å²) in [4.78, 5) is 14.1. The standard InChI is InChI=1S/C18H16Cl2N4OS/c1-23(10-13-4-2-5-14(19)8-13)17(25)11-26-18-22-21-12-24(18)16-7-3-6-15(20)9-16/h2-9,12H,10-11H2,1H3. The van der Waals surface area contributed by atoms with Crippen molar-refractivity contribution in [1.29, 1.82) is 0 Å². The molecular formula is C18H16Cl2N4OS. The number of benzene rings is 2. The fourth-order valence-electron chi connectivity index (χ4n) is 2.36. The van der Waals surface area contributed by atoms with Crippen LogP contribution >= 0.6 is 35.0 Å². The van der Waals surface area contributed by atoms with E-state index in [1.165, 1.54) is 11.8 Å². The Bertz CT molecular complexity index is 915. The van der Waals surface area contributed by atoms with Gasteiger partial charge in [-0.25, -0.2) is 0 Å². The van der Waals surface area contributed by atoms with Crippen LogP contribution in [0.25, 0.3) is 5.69 Å². The van der Waals surface area contributed by atoms with Crippen LogP contribution in [0.15, 0.2) is 60.0 Å². The molecule has 0 unspecified atom stereocenters. The molecule has 1 heterocycles. The first-order valence-electron chi connectivity index (χ1n) is 7.80. The van der Waals surface area contributed by atoms with Crippen molar-refractivity contribution >= 4 is 40.9 Å². The molecule has 3 rings (SSSR count). The zero-order valence-corrected chi connectivity index (χ0v) is 16.3. The maximum Gasteiger partial charge on any atom is 0.233 e. The van der Waals surface area contributed by atoms with Crippen molar-refractivity contribution in [2.45, 2.75) is 11.7 Å². The average Bonchev–Trinajstić information content (AvgIpc) is 3.08. The van der Waals surface area contributed by atoms with Crippen LogP contribution in [0.5, 0.6) is 0 Å². The zero-order valence-electron chi connectivity index (χ0n) is 14.0. The lowest BCUT2D eigenvalue weighted by atomic mass is 10.2. The molecule has 3 aromatic rings. The van der Waals surface area contributed by atoms with Crippen LogP contribution in [-0.2, 0) is 11.3 Å². The highest BCUT2D eigenvalue weighted by Gasteiger charge is 2.14. The van der Waals surface area contributed by atoms with E-state index in [0.717, 1.165) is 11.3 Å². The summed E-state index contributed by atoms with van der Waals surface area (Å²) in [6.07, 6.45) is 1.61. The van der Waals surface area contributed by atoms with Gasteiger partial charge in [0.25, 0.3) is 0 Å². The quantitative estimate of drug-likeness (QED) is 0.571. The van der Waals surface area contributed by atoms with E-state index in [1.807, 2.05) is 42.5 Å². The number of thioether (sulfide) groups is 1. The van der Waals surface area contributed by atoms with E-state index in [2.05, 4.69) is 10.2 Å². The van der Waals surface area contributed by atoms with Crippen LogP contribution in [0.1, 0.15) is 5.56 Å². The van der Waals surface area contributed by atoms with Gasteiger partial charge in [-0.3, -0.25) is 9.36 Å². The summed E-state index contributed by atoms with van der Waals surface area (Å²) in [6.45, 7) is 0.501. The van der Waals surface area contributed by atoms with Gasteiger partial charge in [-0.15, -0.1) is 10.2 Å². The van der Waals surface area contributed by atoms with Crippen molar-refractivity contribution in [3.05, 3.63) is 70.5 Å². The molecule has 1 aromatic heterocycles. The number of carbonyl (C=O) groups excluding carboxylic acids is 1. The molecular weight excluding hydrogens is 391 g/mol. The van der Waals surface area contributed by atoms with Gasteiger partial charge in [-0.05, 0) is 35.9 Å². The van der Waals surface area contributed by atoms with Gasteiger partial charge in [0.2, 0.25) is 5.91 Å². The van der Waals surface area contributed by atoms with Crippen molar-refractivity contribution in [2.24, 2.45) is 0 Å². The topological polar surface area (TPSA) is 51.0 Å². The smallest absolute Gasteiger partial charge is 0.233 e. The average molecular weight is 407 g/mol. The van der Waals surface area contributed by atoms with Crippen LogP contribution in [0.2, 0.25) is 10.0 Å². The van der Waals surface area contributed by atoms with Crippen LogP contribution in [0.4, 0.5) is 0 Å². The predicted octanol–water partition coefficient (Wildman–Crippen LogP) is 4.32. The minimum absolute atomic E-state index is 0.00406. The third-order valence-electron chi connectivity index (χ3n) is 3.66. The monoisotopic (exact) mass is 406 g/mol. The molecule has 0 saturated carbocycles. The molecule has 0 radical (unpaired) electrons. The van der Waals surface area contributed by atoms with Crippen LogP contribution in [-0.4, -0.2) is 38.4 Å². The van der Waals surface area contributed by atoms with Crippen molar-refractivity contribution in [3.63, 3.8) is 0 Å². The summed E-state index contributed by atoms with van der Waals surface area (Å²) >= 11 is 13.4. The van der Waals surface area contributed by atoms with Gasteiger partial charge in [0, 0.05) is 23.6 Å². The number of amides is 1. The van der Waals surface area contributed by atoms with Crippen molar-refractivity contribution in [1.82, 2.24) is 19.7 Å². The van der Waals surface area contributed by atoms with Gasteiger partial charge in [-0.1, -0.05) is 53.2 Å². The summed E-state index contributed by atoms with van der Waals surface area (Å²) in [5, 5.41) is 9.96. The van der Waals surface area contributed by atoms with Gasteiger partial charge in [-0.2, -0.15) is 0 Å². The molecule has 0 N–H and O–H groups in total. The second-order valence-electron chi connectivity index (χ2n) is 5.63. The molecule has 0 spiro atoms. The molecule has 0 fully saturated rings. The Morgan fingerprint density at radius 3 is 2.62 bits per heavy atom. The highest BCUT2D eigenvalue weighted by molar-refractivity contribution is 7.99. The Morgan fingerprint density at radius 2 is 1.88 bits per heavy atom. The first kappa shape index (κ1) is 18.8. The Labute approximate surface area is 165 Å². The summed E-state index contributed by atoms with van der Waals surface area (Å²) in [5.74, 6) is 0.256. The van der Waals surface area contributed by atoms with E-state index in [1.54, 1.807) is 28.9 Å². The van der Waals surface area contributed by atoms with Crippen molar-refractivity contribution < 1.29 is 4.79 Å². The van der Waals surface area contributed by atoms with Crippen LogP contribution in [0, 0.1) is 0 Å². The maximum absolute atomic E-state index is 12.4. The molecule has 0 bridgehead atoms. The van der Waals surface area contributed by atoms with Crippen molar-refractivity contribution in [3.8, 4) is 5.69 Å². The first-order chi connectivity index (χ1) is 12.5. The number of aromatic nitrogens is 3. The number of hydrogen-bond acceptors (Lipinski definition) is 4. The molecule has 2 aromatic carbocycles. The normalized spacial score (nSPS) is 10.7. The Hall–Kier alpha value is -2.02. The second kappa shape index (κ2) is 8.58. The van der Waals surface area contributed by atoms with E-state index in [9.17, 15) is 4.79 Å². The highest BCUT2D eigenvalue weighted by Crippen LogP contribution is 2.22. The summed E-state index contributed by atoms with van der Waals surface area (Å²) < 4.78 is 1.81. The number of hydrogen-bond donors (Lipinski definition) is 0. The van der Waals surface area contributed by atoms with Gasteiger partial charge < -0.3 is 4.90 Å². The lowest BCUT2D eigenvalue weighted by molar-refractivity contribution is -0.127. The Kier molecular flexibility index (Phi) is 6.19.